The van der Waals surface area contributed by atoms with Crippen LogP contribution < -0.4 is 5.32 Å². The lowest BCUT2D eigenvalue weighted by molar-refractivity contribution is 0.966. The van der Waals surface area contributed by atoms with Crippen LogP contribution in [0, 0.1) is 0 Å². The molecule has 0 aliphatic carbocycles. The Morgan fingerprint density at radius 1 is 1.11 bits per heavy atom. The zero-order valence-corrected chi connectivity index (χ0v) is 10.6. The molecule has 0 fully saturated rings. The number of hydrogen-bond acceptors (Lipinski definition) is 2. The molecular weight excluding hydrogens is 246 g/mol. The molecule has 0 bridgehead atoms. The fraction of sp³-hybridized carbons (Fsp3) is 0.0714. The summed E-state index contributed by atoms with van der Waals surface area (Å²) in [5.74, 6) is 0.849. The lowest BCUT2D eigenvalue weighted by Crippen LogP contribution is -1.97. The minimum Gasteiger partial charge on any atom is -0.348 e. The van der Waals surface area contributed by atoms with Gasteiger partial charge < -0.3 is 9.88 Å². The predicted molar refractivity (Wildman–Crippen MR) is 75.4 cm³/mol. The Morgan fingerprint density at radius 3 is 2.67 bits per heavy atom. The Kier molecular flexibility index (Phi) is 2.68. The number of pyridine rings is 1. The Hall–Kier alpha value is -2.00. The molecule has 0 aliphatic heterocycles. The maximum atomic E-state index is 5.87. The number of benzene rings is 1. The molecule has 0 radical (unpaired) electrons. The van der Waals surface area contributed by atoms with E-state index in [9.17, 15) is 0 Å². The number of fused-ring (bicyclic) bond motifs is 1. The van der Waals surface area contributed by atoms with Crippen molar-refractivity contribution >= 4 is 34.0 Å². The molecule has 0 atom stereocenters. The molecule has 0 saturated carbocycles. The average molecular weight is 258 g/mol. The standard InChI is InChI=1S/C14H12ClN3/c1-18-9-7-10-6-8-16-14(13(10)18)17-12-4-2-11(15)3-5-12/h2-9H,1H3,(H,16,17). The maximum Gasteiger partial charge on any atom is 0.154 e. The molecule has 1 N–H and O–H groups in total. The summed E-state index contributed by atoms with van der Waals surface area (Å²) in [6.07, 6.45) is 3.83. The zero-order valence-electron chi connectivity index (χ0n) is 9.89. The fourth-order valence-corrected chi connectivity index (χ4v) is 2.13. The van der Waals surface area contributed by atoms with Gasteiger partial charge in [0.05, 0.1) is 5.52 Å². The van der Waals surface area contributed by atoms with Gasteiger partial charge in [0, 0.05) is 35.5 Å². The number of rotatable bonds is 2. The van der Waals surface area contributed by atoms with Gasteiger partial charge in [0.25, 0.3) is 0 Å². The monoisotopic (exact) mass is 257 g/mol. The van der Waals surface area contributed by atoms with Crippen molar-refractivity contribution in [1.82, 2.24) is 9.55 Å². The van der Waals surface area contributed by atoms with Crippen molar-refractivity contribution in [2.75, 3.05) is 5.32 Å². The van der Waals surface area contributed by atoms with Gasteiger partial charge in [-0.3, -0.25) is 0 Å². The molecule has 4 heteroatoms. The highest BCUT2D eigenvalue weighted by Gasteiger charge is 2.05. The second-order valence-corrected chi connectivity index (χ2v) is 4.59. The van der Waals surface area contributed by atoms with Crippen molar-refractivity contribution in [2.45, 2.75) is 0 Å². The quantitative estimate of drug-likeness (QED) is 0.753. The van der Waals surface area contributed by atoms with Crippen LogP contribution in [-0.4, -0.2) is 9.55 Å². The minimum atomic E-state index is 0.727. The van der Waals surface area contributed by atoms with Crippen LogP contribution in [0.3, 0.4) is 0 Å². The van der Waals surface area contributed by atoms with E-state index in [1.54, 1.807) is 6.20 Å². The number of hydrogen-bond donors (Lipinski definition) is 1. The lowest BCUT2D eigenvalue weighted by Gasteiger charge is -2.08. The molecule has 3 aromatic rings. The van der Waals surface area contributed by atoms with Crippen LogP contribution in [0.25, 0.3) is 10.9 Å². The molecule has 0 aliphatic rings. The first-order valence-electron chi connectivity index (χ1n) is 5.67. The number of aromatic nitrogens is 2. The van der Waals surface area contributed by atoms with E-state index in [2.05, 4.69) is 20.9 Å². The van der Waals surface area contributed by atoms with Gasteiger partial charge in [-0.1, -0.05) is 11.6 Å². The Morgan fingerprint density at radius 2 is 1.89 bits per heavy atom. The van der Waals surface area contributed by atoms with E-state index in [4.69, 9.17) is 11.6 Å². The number of aryl methyl sites for hydroxylation is 1. The van der Waals surface area contributed by atoms with Gasteiger partial charge >= 0.3 is 0 Å². The van der Waals surface area contributed by atoms with E-state index >= 15 is 0 Å². The Balaban J connectivity index is 2.04. The number of nitrogens with one attached hydrogen (secondary N) is 1. The van der Waals surface area contributed by atoms with Gasteiger partial charge in [0.1, 0.15) is 0 Å². The predicted octanol–water partition coefficient (Wildman–Crippen LogP) is 3.97. The summed E-state index contributed by atoms with van der Waals surface area (Å²) in [7, 11) is 2.01. The molecule has 0 unspecified atom stereocenters. The normalized spacial score (nSPS) is 10.8. The topological polar surface area (TPSA) is 29.9 Å². The van der Waals surface area contributed by atoms with Crippen LogP contribution >= 0.6 is 11.6 Å². The average Bonchev–Trinajstić information content (AvgIpc) is 2.75. The second kappa shape index (κ2) is 4.35. The number of halogens is 1. The van der Waals surface area contributed by atoms with Crippen LogP contribution in [0.4, 0.5) is 11.5 Å². The smallest absolute Gasteiger partial charge is 0.154 e. The summed E-state index contributed by atoms with van der Waals surface area (Å²) in [6.45, 7) is 0. The van der Waals surface area contributed by atoms with E-state index in [-0.39, 0.29) is 0 Å². The van der Waals surface area contributed by atoms with Crippen molar-refractivity contribution < 1.29 is 0 Å². The third kappa shape index (κ3) is 1.93. The Bertz CT molecular complexity index is 686. The van der Waals surface area contributed by atoms with Crippen LogP contribution in [0.5, 0.6) is 0 Å². The van der Waals surface area contributed by atoms with Gasteiger partial charge in [-0.05, 0) is 36.4 Å². The maximum absolute atomic E-state index is 5.87. The Labute approximate surface area is 110 Å². The molecule has 90 valence electrons. The van der Waals surface area contributed by atoms with E-state index < -0.39 is 0 Å². The molecule has 0 amide bonds. The third-order valence-corrected chi connectivity index (χ3v) is 3.14. The molecule has 2 heterocycles. The summed E-state index contributed by atoms with van der Waals surface area (Å²) in [6, 6.07) is 11.7. The highest BCUT2D eigenvalue weighted by atomic mass is 35.5. The largest absolute Gasteiger partial charge is 0.348 e. The van der Waals surface area contributed by atoms with Crippen LogP contribution in [0.15, 0.2) is 48.8 Å². The van der Waals surface area contributed by atoms with Crippen molar-refractivity contribution in [1.29, 1.82) is 0 Å². The first kappa shape index (κ1) is 11.1. The lowest BCUT2D eigenvalue weighted by atomic mass is 10.3. The second-order valence-electron chi connectivity index (χ2n) is 4.16. The minimum absolute atomic E-state index is 0.727. The van der Waals surface area contributed by atoms with Crippen molar-refractivity contribution in [2.24, 2.45) is 7.05 Å². The summed E-state index contributed by atoms with van der Waals surface area (Å²) in [4.78, 5) is 4.39. The van der Waals surface area contributed by atoms with E-state index in [1.807, 2.05) is 43.6 Å². The fourth-order valence-electron chi connectivity index (χ4n) is 2.00. The molecular formula is C14H12ClN3. The van der Waals surface area contributed by atoms with Crippen LogP contribution in [0.1, 0.15) is 0 Å². The van der Waals surface area contributed by atoms with Gasteiger partial charge in [0.15, 0.2) is 5.82 Å². The molecule has 3 nitrogen and oxygen atoms in total. The SMILES string of the molecule is Cn1ccc2ccnc(Nc3ccc(Cl)cc3)c21. The number of nitrogens with zero attached hydrogens (tertiary/aromatic N) is 2. The van der Waals surface area contributed by atoms with E-state index in [1.165, 1.54) is 5.39 Å². The molecule has 0 spiro atoms. The molecule has 0 saturated heterocycles. The van der Waals surface area contributed by atoms with E-state index in [0.717, 1.165) is 22.0 Å². The van der Waals surface area contributed by atoms with Gasteiger partial charge in [-0.15, -0.1) is 0 Å². The molecule has 2 aromatic heterocycles. The number of anilines is 2. The molecule has 18 heavy (non-hydrogen) atoms. The van der Waals surface area contributed by atoms with Crippen LogP contribution in [-0.2, 0) is 7.05 Å². The van der Waals surface area contributed by atoms with Crippen molar-refractivity contribution in [3.05, 3.63) is 53.8 Å². The highest BCUT2D eigenvalue weighted by Crippen LogP contribution is 2.25. The summed E-state index contributed by atoms with van der Waals surface area (Å²) < 4.78 is 2.06. The van der Waals surface area contributed by atoms with E-state index in [0.29, 0.717) is 0 Å². The van der Waals surface area contributed by atoms with Crippen LogP contribution in [0.2, 0.25) is 5.02 Å². The molecule has 1 aromatic carbocycles. The summed E-state index contributed by atoms with van der Waals surface area (Å²) in [5.41, 5.74) is 2.06. The third-order valence-electron chi connectivity index (χ3n) is 2.89. The first-order valence-corrected chi connectivity index (χ1v) is 6.04. The van der Waals surface area contributed by atoms with Gasteiger partial charge in [-0.2, -0.15) is 0 Å². The highest BCUT2D eigenvalue weighted by molar-refractivity contribution is 6.30. The molecule has 3 rings (SSSR count). The van der Waals surface area contributed by atoms with Crippen molar-refractivity contribution in [3.8, 4) is 0 Å². The zero-order chi connectivity index (χ0) is 12.5. The summed E-state index contributed by atoms with van der Waals surface area (Å²) in [5, 5.41) is 5.21. The van der Waals surface area contributed by atoms with Gasteiger partial charge in [-0.25, -0.2) is 4.98 Å². The van der Waals surface area contributed by atoms with Crippen molar-refractivity contribution in [3.63, 3.8) is 0 Å². The van der Waals surface area contributed by atoms with Gasteiger partial charge in [0.2, 0.25) is 0 Å². The first-order chi connectivity index (χ1) is 8.74. The summed E-state index contributed by atoms with van der Waals surface area (Å²) >= 11 is 5.87.